The molecule has 0 radical (unpaired) electrons. The maximum Gasteiger partial charge on any atom is 0.167 e. The smallest absolute Gasteiger partial charge is 0.167 e. The molecule has 1 aromatic heterocycles. The van der Waals surface area contributed by atoms with E-state index in [1.807, 2.05) is 26.0 Å². The maximum absolute atomic E-state index is 13.1. The maximum atomic E-state index is 13.1. The highest BCUT2D eigenvalue weighted by Crippen LogP contribution is 2.40. The summed E-state index contributed by atoms with van der Waals surface area (Å²) >= 11 is 0. The lowest BCUT2D eigenvalue weighted by molar-refractivity contribution is 0.0677. The van der Waals surface area contributed by atoms with Crippen molar-refractivity contribution in [1.82, 2.24) is 9.88 Å². The van der Waals surface area contributed by atoms with Crippen molar-refractivity contribution in [1.29, 1.82) is 0 Å². The summed E-state index contributed by atoms with van der Waals surface area (Å²) in [6, 6.07) is 15.7. The van der Waals surface area contributed by atoms with Gasteiger partial charge in [-0.1, -0.05) is 30.3 Å². The van der Waals surface area contributed by atoms with Crippen molar-refractivity contribution in [2.75, 3.05) is 0 Å². The molecule has 3 heterocycles. The van der Waals surface area contributed by atoms with Gasteiger partial charge in [0.25, 0.3) is 0 Å². The summed E-state index contributed by atoms with van der Waals surface area (Å²) < 4.78 is 0. The molecule has 2 atom stereocenters. The van der Waals surface area contributed by atoms with Gasteiger partial charge in [-0.15, -0.1) is 0 Å². The predicted octanol–water partition coefficient (Wildman–Crippen LogP) is 4.32. The van der Waals surface area contributed by atoms with Crippen molar-refractivity contribution in [3.8, 4) is 0 Å². The zero-order chi connectivity index (χ0) is 17.4. The number of aryl methyl sites for hydroxylation is 2. The molecule has 0 N–H and O–H groups in total. The molecule has 25 heavy (non-hydrogen) atoms. The number of carbonyl (C=O) groups excluding carboxylic acids is 1. The van der Waals surface area contributed by atoms with Gasteiger partial charge >= 0.3 is 0 Å². The molecule has 4 rings (SSSR count). The SMILES string of the molecule is Cc1ccc(C(=O)C2CC3CCC(C2)N3Cc2ccccc2)c(C)n1. The summed E-state index contributed by atoms with van der Waals surface area (Å²) in [7, 11) is 0. The fourth-order valence-electron chi connectivity index (χ4n) is 4.71. The highest BCUT2D eigenvalue weighted by molar-refractivity contribution is 5.98. The first-order chi connectivity index (χ1) is 12.1. The lowest BCUT2D eigenvalue weighted by Crippen LogP contribution is -2.44. The molecule has 0 amide bonds. The minimum atomic E-state index is 0.160. The number of aromatic nitrogens is 1. The lowest BCUT2D eigenvalue weighted by Gasteiger charge is -2.38. The van der Waals surface area contributed by atoms with Gasteiger partial charge in [0.2, 0.25) is 0 Å². The standard InChI is InChI=1S/C22H26N2O/c1-15-8-11-21(16(2)23-15)22(25)18-12-19-9-10-20(13-18)24(19)14-17-6-4-3-5-7-17/h3-8,11,18-20H,9-10,12-14H2,1-2H3. The fourth-order valence-corrected chi connectivity index (χ4v) is 4.71. The van der Waals surface area contributed by atoms with Crippen LogP contribution in [0.4, 0.5) is 0 Å². The molecule has 2 bridgehead atoms. The van der Waals surface area contributed by atoms with Gasteiger partial charge in [-0.3, -0.25) is 14.7 Å². The van der Waals surface area contributed by atoms with Crippen molar-refractivity contribution >= 4 is 5.78 Å². The van der Waals surface area contributed by atoms with E-state index in [4.69, 9.17) is 0 Å². The van der Waals surface area contributed by atoms with E-state index in [1.165, 1.54) is 18.4 Å². The third-order valence-electron chi connectivity index (χ3n) is 5.95. The number of piperidine rings is 1. The minimum absolute atomic E-state index is 0.160. The highest BCUT2D eigenvalue weighted by Gasteiger charge is 2.42. The Morgan fingerprint density at radius 3 is 2.36 bits per heavy atom. The third-order valence-corrected chi connectivity index (χ3v) is 5.95. The second kappa shape index (κ2) is 6.72. The number of nitrogens with zero attached hydrogens (tertiary/aromatic N) is 2. The van der Waals surface area contributed by atoms with Gasteiger partial charge in [0.05, 0.1) is 0 Å². The molecule has 2 saturated heterocycles. The number of Topliss-reactive ketones (excluding diaryl/α,β-unsaturated/α-hetero) is 1. The van der Waals surface area contributed by atoms with Crippen molar-refractivity contribution in [3.63, 3.8) is 0 Å². The minimum Gasteiger partial charge on any atom is -0.294 e. The predicted molar refractivity (Wildman–Crippen MR) is 99.6 cm³/mol. The van der Waals surface area contributed by atoms with Crippen LogP contribution < -0.4 is 0 Å². The van der Waals surface area contributed by atoms with Crippen molar-refractivity contribution < 1.29 is 4.79 Å². The Morgan fingerprint density at radius 1 is 1.04 bits per heavy atom. The quantitative estimate of drug-likeness (QED) is 0.781. The lowest BCUT2D eigenvalue weighted by atomic mass is 9.84. The van der Waals surface area contributed by atoms with E-state index >= 15 is 0 Å². The molecule has 2 aromatic rings. The number of benzene rings is 1. The Balaban J connectivity index is 1.48. The van der Waals surface area contributed by atoms with E-state index in [0.29, 0.717) is 17.9 Å². The van der Waals surface area contributed by atoms with E-state index in [1.54, 1.807) is 0 Å². The zero-order valence-electron chi connectivity index (χ0n) is 15.1. The number of hydrogen-bond acceptors (Lipinski definition) is 3. The third kappa shape index (κ3) is 3.25. The summed E-state index contributed by atoms with van der Waals surface area (Å²) in [5, 5.41) is 0. The molecule has 3 heteroatoms. The largest absolute Gasteiger partial charge is 0.294 e. The Hall–Kier alpha value is -2.00. The second-order valence-electron chi connectivity index (χ2n) is 7.66. The molecule has 3 nitrogen and oxygen atoms in total. The molecule has 2 unspecified atom stereocenters. The molecule has 0 aliphatic carbocycles. The van der Waals surface area contributed by atoms with Gasteiger partial charge in [-0.05, 0) is 57.2 Å². The van der Waals surface area contributed by atoms with Crippen LogP contribution in [-0.2, 0) is 6.54 Å². The topological polar surface area (TPSA) is 33.2 Å². The van der Waals surface area contributed by atoms with Crippen LogP contribution in [0.15, 0.2) is 42.5 Å². The Kier molecular flexibility index (Phi) is 4.43. The second-order valence-corrected chi connectivity index (χ2v) is 7.66. The summed E-state index contributed by atoms with van der Waals surface area (Å²) in [4.78, 5) is 20.2. The molecule has 0 spiro atoms. The van der Waals surface area contributed by atoms with Crippen LogP contribution in [0, 0.1) is 19.8 Å². The van der Waals surface area contributed by atoms with Crippen molar-refractivity contribution in [3.05, 3.63) is 65.0 Å². The van der Waals surface area contributed by atoms with E-state index < -0.39 is 0 Å². The normalized spacial score (nSPS) is 25.9. The van der Waals surface area contributed by atoms with Crippen LogP contribution in [0.25, 0.3) is 0 Å². The summed E-state index contributed by atoms with van der Waals surface area (Å²) in [6.45, 7) is 4.95. The summed E-state index contributed by atoms with van der Waals surface area (Å²) in [5.41, 5.74) is 4.06. The van der Waals surface area contributed by atoms with E-state index in [0.717, 1.165) is 36.3 Å². The first-order valence-corrected chi connectivity index (χ1v) is 9.40. The molecule has 2 aliphatic heterocycles. The highest BCUT2D eigenvalue weighted by atomic mass is 16.1. The van der Waals surface area contributed by atoms with Gasteiger partial charge < -0.3 is 0 Å². The zero-order valence-corrected chi connectivity index (χ0v) is 15.1. The van der Waals surface area contributed by atoms with E-state index in [-0.39, 0.29) is 5.92 Å². The number of hydrogen-bond donors (Lipinski definition) is 0. The van der Waals surface area contributed by atoms with Crippen LogP contribution in [0.3, 0.4) is 0 Å². The molecule has 0 saturated carbocycles. The van der Waals surface area contributed by atoms with Gasteiger partial charge in [0.15, 0.2) is 5.78 Å². The average Bonchev–Trinajstić information content (AvgIpc) is 2.83. The molecule has 2 fully saturated rings. The van der Waals surface area contributed by atoms with Crippen molar-refractivity contribution in [2.45, 2.75) is 58.2 Å². The fraction of sp³-hybridized carbons (Fsp3) is 0.455. The van der Waals surface area contributed by atoms with Crippen LogP contribution in [0.2, 0.25) is 0 Å². The van der Waals surface area contributed by atoms with E-state index in [2.05, 4.69) is 40.2 Å². The summed E-state index contributed by atoms with van der Waals surface area (Å²) in [5.74, 6) is 0.467. The van der Waals surface area contributed by atoms with Crippen LogP contribution in [0.5, 0.6) is 0 Å². The number of pyridine rings is 1. The summed E-state index contributed by atoms with van der Waals surface area (Å²) in [6.07, 6.45) is 4.45. The van der Waals surface area contributed by atoms with Gasteiger partial charge in [0.1, 0.15) is 0 Å². The van der Waals surface area contributed by atoms with Gasteiger partial charge in [0, 0.05) is 41.5 Å². The first-order valence-electron chi connectivity index (χ1n) is 9.40. The van der Waals surface area contributed by atoms with Crippen molar-refractivity contribution in [2.24, 2.45) is 5.92 Å². The van der Waals surface area contributed by atoms with Crippen LogP contribution in [-0.4, -0.2) is 27.8 Å². The molecule has 130 valence electrons. The Labute approximate surface area is 150 Å². The molecule has 2 aliphatic rings. The molecular weight excluding hydrogens is 308 g/mol. The number of carbonyl (C=O) groups is 1. The van der Waals surface area contributed by atoms with Crippen LogP contribution >= 0.6 is 0 Å². The molecular formula is C22H26N2O. The Bertz CT molecular complexity index is 757. The monoisotopic (exact) mass is 334 g/mol. The first kappa shape index (κ1) is 16.5. The van der Waals surface area contributed by atoms with Crippen LogP contribution in [0.1, 0.15) is 53.0 Å². The molecule has 1 aromatic carbocycles. The average molecular weight is 334 g/mol. The van der Waals surface area contributed by atoms with Gasteiger partial charge in [-0.2, -0.15) is 0 Å². The Morgan fingerprint density at radius 2 is 1.72 bits per heavy atom. The van der Waals surface area contributed by atoms with E-state index in [9.17, 15) is 4.79 Å². The number of ketones is 1. The number of rotatable bonds is 4. The number of fused-ring (bicyclic) bond motifs is 2. The van der Waals surface area contributed by atoms with Gasteiger partial charge in [-0.25, -0.2) is 0 Å².